The molecule has 1 aromatic rings. The molecule has 1 aliphatic carbocycles. The Labute approximate surface area is 123 Å². The SMILES string of the molecule is Cc1cc(NC(=O)CN(C)C(=O)CC2(CN)CCC2)no1. The number of carbonyl (C=O) groups excluding carboxylic acids is 2. The van der Waals surface area contributed by atoms with E-state index in [4.69, 9.17) is 10.3 Å². The number of nitrogens with one attached hydrogen (secondary N) is 1. The van der Waals surface area contributed by atoms with E-state index in [-0.39, 0.29) is 23.8 Å². The first-order valence-electron chi connectivity index (χ1n) is 7.11. The zero-order valence-electron chi connectivity index (χ0n) is 12.5. The van der Waals surface area contributed by atoms with E-state index in [9.17, 15) is 9.59 Å². The Kier molecular flexibility index (Phi) is 4.62. The number of aromatic nitrogens is 1. The maximum absolute atomic E-state index is 12.2. The largest absolute Gasteiger partial charge is 0.360 e. The van der Waals surface area contributed by atoms with Gasteiger partial charge in [0, 0.05) is 19.5 Å². The van der Waals surface area contributed by atoms with Gasteiger partial charge in [0.25, 0.3) is 0 Å². The van der Waals surface area contributed by atoms with Crippen LogP contribution < -0.4 is 11.1 Å². The van der Waals surface area contributed by atoms with Crippen molar-refractivity contribution in [2.45, 2.75) is 32.6 Å². The number of anilines is 1. The Morgan fingerprint density at radius 3 is 2.71 bits per heavy atom. The van der Waals surface area contributed by atoms with E-state index >= 15 is 0 Å². The van der Waals surface area contributed by atoms with Crippen LogP contribution in [-0.2, 0) is 9.59 Å². The lowest BCUT2D eigenvalue weighted by atomic mass is 9.66. The number of nitrogens with zero attached hydrogens (tertiary/aromatic N) is 2. The first-order chi connectivity index (χ1) is 9.94. The van der Waals surface area contributed by atoms with Crippen LogP contribution in [0.4, 0.5) is 5.82 Å². The molecular formula is C14H22N4O3. The van der Waals surface area contributed by atoms with Crippen LogP contribution in [0.3, 0.4) is 0 Å². The highest BCUT2D eigenvalue weighted by atomic mass is 16.5. The molecule has 1 aromatic heterocycles. The maximum Gasteiger partial charge on any atom is 0.245 e. The van der Waals surface area contributed by atoms with Gasteiger partial charge < -0.3 is 20.5 Å². The summed E-state index contributed by atoms with van der Waals surface area (Å²) in [6.45, 7) is 2.26. The summed E-state index contributed by atoms with van der Waals surface area (Å²) in [5, 5.41) is 6.27. The highest BCUT2D eigenvalue weighted by molar-refractivity contribution is 5.93. The van der Waals surface area contributed by atoms with Crippen molar-refractivity contribution in [3.05, 3.63) is 11.8 Å². The van der Waals surface area contributed by atoms with Gasteiger partial charge in [0.2, 0.25) is 11.8 Å². The normalized spacial score (nSPS) is 16.1. The van der Waals surface area contributed by atoms with Gasteiger partial charge in [-0.2, -0.15) is 0 Å². The Hall–Kier alpha value is -1.89. The molecule has 1 saturated carbocycles. The smallest absolute Gasteiger partial charge is 0.245 e. The van der Waals surface area contributed by atoms with Crippen LogP contribution in [0.15, 0.2) is 10.6 Å². The van der Waals surface area contributed by atoms with E-state index in [2.05, 4.69) is 10.5 Å². The van der Waals surface area contributed by atoms with Crippen LogP contribution in [0.5, 0.6) is 0 Å². The molecule has 0 spiro atoms. The number of likely N-dealkylation sites (N-methyl/N-ethyl adjacent to an activating group) is 1. The number of rotatable bonds is 6. The molecule has 0 aliphatic heterocycles. The summed E-state index contributed by atoms with van der Waals surface area (Å²) in [5.41, 5.74) is 5.70. The van der Waals surface area contributed by atoms with Crippen LogP contribution in [0.2, 0.25) is 0 Å². The number of aryl methyl sites for hydroxylation is 1. The van der Waals surface area contributed by atoms with Crippen molar-refractivity contribution >= 4 is 17.6 Å². The molecule has 7 heteroatoms. The minimum absolute atomic E-state index is 0.00854. The van der Waals surface area contributed by atoms with Crippen LogP contribution in [0.25, 0.3) is 0 Å². The Morgan fingerprint density at radius 2 is 2.24 bits per heavy atom. The molecule has 0 atom stereocenters. The van der Waals surface area contributed by atoms with Gasteiger partial charge in [-0.05, 0) is 31.7 Å². The standard InChI is InChI=1S/C14H22N4O3/c1-10-6-11(17-21-10)16-12(19)8-18(2)13(20)7-14(9-15)4-3-5-14/h6H,3-5,7-9,15H2,1-2H3,(H,16,17,19). The average Bonchev–Trinajstić information content (AvgIpc) is 2.78. The lowest BCUT2D eigenvalue weighted by molar-refractivity contribution is -0.136. The van der Waals surface area contributed by atoms with Gasteiger partial charge in [-0.3, -0.25) is 9.59 Å². The second-order valence-electron chi connectivity index (χ2n) is 5.86. The van der Waals surface area contributed by atoms with Crippen LogP contribution in [0, 0.1) is 12.3 Å². The molecule has 0 radical (unpaired) electrons. The van der Waals surface area contributed by atoms with Gasteiger partial charge in [-0.25, -0.2) is 0 Å². The molecular weight excluding hydrogens is 272 g/mol. The molecule has 0 aromatic carbocycles. The van der Waals surface area contributed by atoms with E-state index in [1.807, 2.05) is 0 Å². The van der Waals surface area contributed by atoms with Crippen LogP contribution in [0.1, 0.15) is 31.4 Å². The van der Waals surface area contributed by atoms with E-state index < -0.39 is 0 Å². The summed E-state index contributed by atoms with van der Waals surface area (Å²) in [7, 11) is 1.62. The maximum atomic E-state index is 12.2. The molecule has 116 valence electrons. The molecule has 1 heterocycles. The van der Waals surface area contributed by atoms with Crippen molar-refractivity contribution in [2.24, 2.45) is 11.1 Å². The van der Waals surface area contributed by atoms with Crippen molar-refractivity contribution < 1.29 is 14.1 Å². The quantitative estimate of drug-likeness (QED) is 0.811. The third-order valence-electron chi connectivity index (χ3n) is 4.08. The first kappa shape index (κ1) is 15.5. The van der Waals surface area contributed by atoms with Crippen molar-refractivity contribution in [1.82, 2.24) is 10.1 Å². The minimum Gasteiger partial charge on any atom is -0.360 e. The fourth-order valence-corrected chi connectivity index (χ4v) is 2.50. The molecule has 0 saturated heterocycles. The van der Waals surface area contributed by atoms with E-state index in [1.54, 1.807) is 20.0 Å². The monoisotopic (exact) mass is 294 g/mol. The van der Waals surface area contributed by atoms with E-state index in [0.717, 1.165) is 19.3 Å². The average molecular weight is 294 g/mol. The summed E-state index contributed by atoms with van der Waals surface area (Å²) in [6.07, 6.45) is 3.53. The molecule has 21 heavy (non-hydrogen) atoms. The Balaban J connectivity index is 1.81. The third kappa shape index (κ3) is 3.81. The number of hydrogen-bond donors (Lipinski definition) is 2. The summed E-state index contributed by atoms with van der Waals surface area (Å²) in [4.78, 5) is 25.4. The number of amides is 2. The molecule has 1 fully saturated rings. The Bertz CT molecular complexity index is 517. The highest BCUT2D eigenvalue weighted by Crippen LogP contribution is 2.43. The fraction of sp³-hybridized carbons (Fsp3) is 0.643. The van der Waals surface area contributed by atoms with Gasteiger partial charge >= 0.3 is 0 Å². The second kappa shape index (κ2) is 6.26. The second-order valence-corrected chi connectivity index (χ2v) is 5.86. The van der Waals surface area contributed by atoms with Gasteiger partial charge in [0.1, 0.15) is 5.76 Å². The summed E-state index contributed by atoms with van der Waals surface area (Å²) in [5.74, 6) is 0.626. The minimum atomic E-state index is -0.297. The molecule has 0 bridgehead atoms. The van der Waals surface area contributed by atoms with E-state index in [1.165, 1.54) is 4.90 Å². The Morgan fingerprint density at radius 1 is 1.52 bits per heavy atom. The predicted octanol–water partition coefficient (Wildman–Crippen LogP) is 0.899. The number of hydrogen-bond acceptors (Lipinski definition) is 5. The van der Waals surface area contributed by atoms with Gasteiger partial charge in [0.15, 0.2) is 5.82 Å². The van der Waals surface area contributed by atoms with Crippen LogP contribution in [-0.4, -0.2) is 42.0 Å². The van der Waals surface area contributed by atoms with Crippen molar-refractivity contribution in [3.8, 4) is 0 Å². The topological polar surface area (TPSA) is 101 Å². The third-order valence-corrected chi connectivity index (χ3v) is 4.08. The molecule has 0 unspecified atom stereocenters. The van der Waals surface area contributed by atoms with Crippen molar-refractivity contribution in [3.63, 3.8) is 0 Å². The summed E-state index contributed by atoms with van der Waals surface area (Å²) < 4.78 is 4.86. The highest BCUT2D eigenvalue weighted by Gasteiger charge is 2.38. The molecule has 2 amide bonds. The molecule has 2 rings (SSSR count). The number of carbonyl (C=O) groups is 2. The zero-order valence-corrected chi connectivity index (χ0v) is 12.5. The lowest BCUT2D eigenvalue weighted by Crippen LogP contribution is -2.43. The zero-order chi connectivity index (χ0) is 15.5. The predicted molar refractivity (Wildman–Crippen MR) is 77.5 cm³/mol. The number of nitrogens with two attached hydrogens (primary N) is 1. The summed E-state index contributed by atoms with van der Waals surface area (Å²) in [6, 6.07) is 1.62. The molecule has 3 N–H and O–H groups in total. The van der Waals surface area contributed by atoms with E-state index in [0.29, 0.717) is 24.5 Å². The molecule has 7 nitrogen and oxygen atoms in total. The molecule has 1 aliphatic rings. The fourth-order valence-electron chi connectivity index (χ4n) is 2.50. The van der Waals surface area contributed by atoms with Gasteiger partial charge in [-0.15, -0.1) is 0 Å². The van der Waals surface area contributed by atoms with Gasteiger partial charge in [-0.1, -0.05) is 11.6 Å². The van der Waals surface area contributed by atoms with Crippen molar-refractivity contribution in [1.29, 1.82) is 0 Å². The lowest BCUT2D eigenvalue weighted by Gasteiger charge is -2.41. The van der Waals surface area contributed by atoms with Crippen molar-refractivity contribution in [2.75, 3.05) is 25.5 Å². The van der Waals surface area contributed by atoms with Crippen LogP contribution >= 0.6 is 0 Å². The summed E-state index contributed by atoms with van der Waals surface area (Å²) >= 11 is 0. The first-order valence-corrected chi connectivity index (χ1v) is 7.11. The van der Waals surface area contributed by atoms with Gasteiger partial charge in [0.05, 0.1) is 6.54 Å².